The molecule has 15 heavy (non-hydrogen) atoms. The van der Waals surface area contributed by atoms with Gasteiger partial charge in [-0.05, 0) is 52.9 Å². The highest BCUT2D eigenvalue weighted by atomic mass is 79.9. The fourth-order valence-electron chi connectivity index (χ4n) is 1.70. The van der Waals surface area contributed by atoms with Crippen molar-refractivity contribution in [2.45, 2.75) is 25.7 Å². The van der Waals surface area contributed by atoms with E-state index in [1.807, 2.05) is 18.2 Å². The maximum absolute atomic E-state index is 5.67. The highest BCUT2D eigenvalue weighted by Gasteiger charge is 2.19. The molecule has 1 aromatic rings. The van der Waals surface area contributed by atoms with E-state index >= 15 is 0 Å². The molecule has 2 rings (SSSR count). The monoisotopic (exact) mass is 268 g/mol. The summed E-state index contributed by atoms with van der Waals surface area (Å²) in [5.41, 5.74) is 7.61. The van der Waals surface area contributed by atoms with Gasteiger partial charge in [0.25, 0.3) is 0 Å². The third-order valence-corrected chi connectivity index (χ3v) is 3.45. The predicted octanol–water partition coefficient (Wildman–Crippen LogP) is 3.63. The van der Waals surface area contributed by atoms with Gasteiger partial charge in [0.1, 0.15) is 0 Å². The number of hydrogen-bond acceptors (Lipinski definition) is 2. The van der Waals surface area contributed by atoms with Crippen molar-refractivity contribution < 1.29 is 0 Å². The van der Waals surface area contributed by atoms with E-state index in [1.165, 1.54) is 25.7 Å². The van der Waals surface area contributed by atoms with Crippen LogP contribution in [0.4, 0.5) is 11.4 Å². The summed E-state index contributed by atoms with van der Waals surface area (Å²) in [7, 11) is 0. The summed E-state index contributed by atoms with van der Waals surface area (Å²) in [5, 5.41) is 3.42. The molecule has 0 radical (unpaired) electrons. The molecule has 1 saturated carbocycles. The molecule has 3 N–H and O–H groups in total. The lowest BCUT2D eigenvalue weighted by molar-refractivity contribution is 0.687. The normalized spacial score (nSPS) is 15.3. The molecule has 0 amide bonds. The second-order valence-electron chi connectivity index (χ2n) is 4.25. The van der Waals surface area contributed by atoms with Gasteiger partial charge in [-0.2, -0.15) is 0 Å². The number of anilines is 2. The molecule has 0 atom stereocenters. The Kier molecular flexibility index (Phi) is 3.52. The van der Waals surface area contributed by atoms with E-state index in [0.717, 1.165) is 28.3 Å². The van der Waals surface area contributed by atoms with E-state index in [1.54, 1.807) is 0 Å². The minimum absolute atomic E-state index is 0.797. The highest BCUT2D eigenvalue weighted by molar-refractivity contribution is 9.10. The first kappa shape index (κ1) is 10.8. The number of rotatable bonds is 5. The fourth-order valence-corrected chi connectivity index (χ4v) is 2.23. The van der Waals surface area contributed by atoms with Crippen LogP contribution in [0.3, 0.4) is 0 Å². The summed E-state index contributed by atoms with van der Waals surface area (Å²) < 4.78 is 1.05. The van der Waals surface area contributed by atoms with Crippen LogP contribution in [0, 0.1) is 5.92 Å². The van der Waals surface area contributed by atoms with Crippen LogP contribution in [-0.2, 0) is 0 Å². The van der Waals surface area contributed by atoms with Gasteiger partial charge in [0.15, 0.2) is 0 Å². The quantitative estimate of drug-likeness (QED) is 0.632. The first-order valence-electron chi connectivity index (χ1n) is 5.54. The lowest BCUT2D eigenvalue weighted by Gasteiger charge is -2.08. The molecule has 0 heterocycles. The third kappa shape index (κ3) is 3.42. The van der Waals surface area contributed by atoms with Crippen molar-refractivity contribution in [1.29, 1.82) is 0 Å². The number of nitrogen functional groups attached to an aromatic ring is 1. The number of benzene rings is 1. The molecule has 0 aromatic heterocycles. The second-order valence-corrected chi connectivity index (χ2v) is 5.11. The maximum atomic E-state index is 5.67. The van der Waals surface area contributed by atoms with E-state index < -0.39 is 0 Å². The molecular formula is C12H17BrN2. The third-order valence-electron chi connectivity index (χ3n) is 2.79. The molecule has 3 heteroatoms. The van der Waals surface area contributed by atoms with Gasteiger partial charge in [-0.25, -0.2) is 0 Å². The molecule has 0 unspecified atom stereocenters. The van der Waals surface area contributed by atoms with Crippen LogP contribution >= 0.6 is 15.9 Å². The van der Waals surface area contributed by atoms with Crippen LogP contribution in [0.5, 0.6) is 0 Å². The van der Waals surface area contributed by atoms with E-state index in [-0.39, 0.29) is 0 Å². The van der Waals surface area contributed by atoms with Gasteiger partial charge in [0.2, 0.25) is 0 Å². The molecule has 1 fully saturated rings. The van der Waals surface area contributed by atoms with Gasteiger partial charge in [0.05, 0.1) is 0 Å². The number of halogens is 1. The van der Waals surface area contributed by atoms with E-state index in [0.29, 0.717) is 0 Å². The Morgan fingerprint density at radius 3 is 2.87 bits per heavy atom. The Hall–Kier alpha value is -0.700. The van der Waals surface area contributed by atoms with Crippen LogP contribution in [-0.4, -0.2) is 6.54 Å². The molecule has 0 spiro atoms. The van der Waals surface area contributed by atoms with Crippen molar-refractivity contribution in [2.75, 3.05) is 17.6 Å². The Bertz CT molecular complexity index is 334. The zero-order chi connectivity index (χ0) is 10.7. The zero-order valence-corrected chi connectivity index (χ0v) is 10.4. The van der Waals surface area contributed by atoms with Crippen LogP contribution in [0.1, 0.15) is 25.7 Å². The van der Waals surface area contributed by atoms with Gasteiger partial charge in [-0.3, -0.25) is 0 Å². The van der Waals surface area contributed by atoms with Crippen molar-refractivity contribution >= 4 is 27.3 Å². The first-order chi connectivity index (χ1) is 7.25. The standard InChI is InChI=1S/C12H17BrN2/c13-11-8-10(14)5-6-12(11)15-7-1-2-9-3-4-9/h5-6,8-9,15H,1-4,7,14H2. The van der Waals surface area contributed by atoms with Crippen molar-refractivity contribution in [3.05, 3.63) is 22.7 Å². The predicted molar refractivity (Wildman–Crippen MR) is 69.0 cm³/mol. The molecule has 0 bridgehead atoms. The van der Waals surface area contributed by atoms with Crippen molar-refractivity contribution in [3.8, 4) is 0 Å². The van der Waals surface area contributed by atoms with Crippen LogP contribution in [0.2, 0.25) is 0 Å². The fraction of sp³-hybridized carbons (Fsp3) is 0.500. The smallest absolute Gasteiger partial charge is 0.0486 e. The van der Waals surface area contributed by atoms with Crippen LogP contribution in [0.15, 0.2) is 22.7 Å². The van der Waals surface area contributed by atoms with Gasteiger partial charge in [0, 0.05) is 22.4 Å². The number of nitrogens with one attached hydrogen (secondary N) is 1. The Morgan fingerprint density at radius 2 is 2.20 bits per heavy atom. The number of nitrogens with two attached hydrogens (primary N) is 1. The van der Waals surface area contributed by atoms with Crippen molar-refractivity contribution in [3.63, 3.8) is 0 Å². The molecule has 1 aromatic carbocycles. The van der Waals surface area contributed by atoms with Crippen LogP contribution < -0.4 is 11.1 Å². The van der Waals surface area contributed by atoms with E-state index in [9.17, 15) is 0 Å². The average Bonchev–Trinajstić information content (AvgIpc) is 2.99. The first-order valence-corrected chi connectivity index (χ1v) is 6.34. The summed E-state index contributed by atoms with van der Waals surface area (Å²) >= 11 is 3.50. The van der Waals surface area contributed by atoms with E-state index in [2.05, 4.69) is 21.2 Å². The molecule has 82 valence electrons. The van der Waals surface area contributed by atoms with Gasteiger partial charge < -0.3 is 11.1 Å². The summed E-state index contributed by atoms with van der Waals surface area (Å²) in [6.45, 7) is 1.05. The van der Waals surface area contributed by atoms with Gasteiger partial charge in [-0.1, -0.05) is 12.8 Å². The largest absolute Gasteiger partial charge is 0.399 e. The molecule has 0 aliphatic heterocycles. The molecule has 0 saturated heterocycles. The summed E-state index contributed by atoms with van der Waals surface area (Å²) in [6.07, 6.45) is 5.54. The minimum atomic E-state index is 0.797. The second kappa shape index (κ2) is 4.88. The lowest BCUT2D eigenvalue weighted by atomic mass is 10.2. The lowest BCUT2D eigenvalue weighted by Crippen LogP contribution is -2.02. The summed E-state index contributed by atoms with van der Waals surface area (Å²) in [4.78, 5) is 0. The Morgan fingerprint density at radius 1 is 1.40 bits per heavy atom. The van der Waals surface area contributed by atoms with E-state index in [4.69, 9.17) is 5.73 Å². The topological polar surface area (TPSA) is 38.0 Å². The van der Waals surface area contributed by atoms with Gasteiger partial charge >= 0.3 is 0 Å². The van der Waals surface area contributed by atoms with Crippen molar-refractivity contribution in [2.24, 2.45) is 5.92 Å². The highest BCUT2D eigenvalue weighted by Crippen LogP contribution is 2.33. The summed E-state index contributed by atoms with van der Waals surface area (Å²) in [6, 6.07) is 5.88. The minimum Gasteiger partial charge on any atom is -0.399 e. The zero-order valence-electron chi connectivity index (χ0n) is 8.80. The Labute approximate surface area is 99.4 Å². The molecular weight excluding hydrogens is 252 g/mol. The van der Waals surface area contributed by atoms with Crippen molar-refractivity contribution in [1.82, 2.24) is 0 Å². The Balaban J connectivity index is 1.76. The number of hydrogen-bond donors (Lipinski definition) is 2. The van der Waals surface area contributed by atoms with Crippen LogP contribution in [0.25, 0.3) is 0 Å². The molecule has 1 aliphatic rings. The summed E-state index contributed by atoms with van der Waals surface area (Å²) in [5.74, 6) is 1.03. The SMILES string of the molecule is Nc1ccc(NCCCC2CC2)c(Br)c1. The average molecular weight is 269 g/mol. The molecule has 1 aliphatic carbocycles. The molecule has 2 nitrogen and oxygen atoms in total. The van der Waals surface area contributed by atoms with Gasteiger partial charge in [-0.15, -0.1) is 0 Å². The maximum Gasteiger partial charge on any atom is 0.0486 e.